The Morgan fingerprint density at radius 2 is 1.00 bits per heavy atom. The molecule has 0 spiro atoms. The predicted molar refractivity (Wildman–Crippen MR) is 1.37 cm³/mol. The van der Waals surface area contributed by atoms with Crippen molar-refractivity contribution in [1.82, 2.24) is 0 Å². The van der Waals surface area contributed by atoms with Gasteiger partial charge in [0.25, 0.3) is 0 Å². The van der Waals surface area contributed by atoms with Gasteiger partial charge >= 0.3 is 32.3 Å². The normalized spacial score (nSPS) is 1.60. The summed E-state index contributed by atoms with van der Waals surface area (Å²) in [5.41, 5.74) is 0. The number of rotatable bonds is 0. The van der Waals surface area contributed by atoms with Crippen molar-refractivity contribution >= 4 is 0 Å². The quantitative estimate of drug-likeness (QED) is 0.446. The molecule has 30 valence electrons. The standard InChI is InChI=1S/2FH.2O.U/h2*1H;;;/q;;;;+2/p-2. The van der Waals surface area contributed by atoms with Gasteiger partial charge in [-0.2, -0.15) is 0 Å². The summed E-state index contributed by atoms with van der Waals surface area (Å²) in [6, 6.07) is 0. The molecule has 0 saturated heterocycles. The molecule has 5 heavy (non-hydrogen) atoms. The third-order valence-corrected chi connectivity index (χ3v) is 0. The molecule has 0 rings (SSSR count). The molecule has 0 bridgehead atoms. The van der Waals surface area contributed by atoms with E-state index in [4.69, 9.17) is 4.47 Å². The van der Waals surface area contributed by atoms with Gasteiger partial charge in [-0.15, -0.1) is 0 Å². The fraction of sp³-hybridized carbons (Fsp3) is 0. The van der Waals surface area contributed by atoms with Gasteiger partial charge in [0.15, 0.2) is 0 Å². The summed E-state index contributed by atoms with van der Waals surface area (Å²) >= 11 is -2.51. The summed E-state index contributed by atoms with van der Waals surface area (Å²) in [6.07, 6.45) is 0. The first-order valence-electron chi connectivity index (χ1n) is 0.408. The molecule has 0 aromatic carbocycles. The van der Waals surface area contributed by atoms with E-state index in [1.165, 1.54) is 0 Å². The van der Waals surface area contributed by atoms with Crippen molar-refractivity contribution < 1.29 is 41.7 Å². The second-order valence-electron chi connectivity index (χ2n) is 0.0833. The van der Waals surface area contributed by atoms with E-state index >= 15 is 0 Å². The van der Waals surface area contributed by atoms with E-state index in [0.717, 1.165) is 0 Å². The summed E-state index contributed by atoms with van der Waals surface area (Å²) in [4.78, 5) is 0. The van der Waals surface area contributed by atoms with Gasteiger partial charge in [0.2, 0.25) is 0 Å². The maximum atomic E-state index is 8.58. The second kappa shape index (κ2) is 24.3. The van der Waals surface area contributed by atoms with Crippen molar-refractivity contribution in [3.8, 4) is 0 Å². The number of hydrogen-bond acceptors (Lipinski definition) is 2. The molecule has 2 nitrogen and oxygen atoms in total. The van der Waals surface area contributed by atoms with Crippen molar-refractivity contribution in [2.75, 3.05) is 0 Å². The van der Waals surface area contributed by atoms with Crippen LogP contribution in [0.2, 0.25) is 0 Å². The van der Waals surface area contributed by atoms with Crippen molar-refractivity contribution in [1.29, 1.82) is 0 Å². The fourth-order valence-electron chi connectivity index (χ4n) is 0. The fourth-order valence-corrected chi connectivity index (χ4v) is 0. The molecular weight excluding hydrogens is 308 g/mol. The zero-order valence-electron chi connectivity index (χ0n) is 2.07. The zero-order valence-corrected chi connectivity index (χ0v) is 6.24. The summed E-state index contributed by atoms with van der Waals surface area (Å²) in [6.45, 7) is 0. The molecule has 0 aliphatic heterocycles. The molecule has 0 amide bonds. The Kier molecular flexibility index (Phi) is 86.6. The van der Waals surface area contributed by atoms with E-state index < -0.39 is 27.8 Å². The van der Waals surface area contributed by atoms with Gasteiger partial charge in [-0.3, -0.25) is 0 Å². The minimum atomic E-state index is -2.51. The van der Waals surface area contributed by atoms with E-state index in [9.17, 15) is 0 Å². The van der Waals surface area contributed by atoms with Crippen LogP contribution in [0.15, 0.2) is 0 Å². The van der Waals surface area contributed by atoms with E-state index in [1.807, 2.05) is 0 Å². The average Bonchev–Trinajstić information content (AvgIpc) is 0.918. The molecule has 5 heteroatoms. The second-order valence-corrected chi connectivity index (χ2v) is 0.777. The summed E-state index contributed by atoms with van der Waals surface area (Å²) in [5.74, 6) is 0. The van der Waals surface area contributed by atoms with E-state index in [-0.39, 0.29) is 9.41 Å². The van der Waals surface area contributed by atoms with Crippen LogP contribution in [0.4, 0.5) is 0 Å². The van der Waals surface area contributed by atoms with Crippen molar-refractivity contribution in [3.63, 3.8) is 0 Å². The topological polar surface area (TPSA) is 34.1 Å². The Labute approximate surface area is 41.9 Å². The van der Waals surface area contributed by atoms with E-state index in [2.05, 4.69) is 0 Å². The Morgan fingerprint density at radius 1 is 1.00 bits per heavy atom. The third-order valence-electron chi connectivity index (χ3n) is 0. The summed E-state index contributed by atoms with van der Waals surface area (Å²) < 4.78 is 17.2. The van der Waals surface area contributed by atoms with Crippen molar-refractivity contribution in [3.05, 3.63) is 0 Å². The van der Waals surface area contributed by atoms with E-state index in [1.54, 1.807) is 0 Å². The van der Waals surface area contributed by atoms with Crippen LogP contribution in [0.25, 0.3) is 0 Å². The van der Waals surface area contributed by atoms with Crippen LogP contribution in [-0.2, 0) is 4.47 Å². The van der Waals surface area contributed by atoms with Gasteiger partial charge in [0, 0.05) is 0 Å². The molecule has 0 aromatic heterocycles. The minimum absolute atomic E-state index is 0. The van der Waals surface area contributed by atoms with Crippen LogP contribution in [-0.4, -0.2) is 0 Å². The van der Waals surface area contributed by atoms with Gasteiger partial charge in [-0.05, 0) is 0 Å². The van der Waals surface area contributed by atoms with Gasteiger partial charge < -0.3 is 9.41 Å². The first-order valence-corrected chi connectivity index (χ1v) is 3.81. The summed E-state index contributed by atoms with van der Waals surface area (Å²) in [5, 5.41) is 0. The van der Waals surface area contributed by atoms with Crippen molar-refractivity contribution in [2.24, 2.45) is 0 Å². The molecule has 0 heterocycles. The van der Waals surface area contributed by atoms with Crippen LogP contribution in [0.5, 0.6) is 0 Å². The zero-order chi connectivity index (χ0) is 2.71. The Morgan fingerprint density at radius 3 is 1.00 bits per heavy atom. The molecule has 0 aliphatic carbocycles. The molecule has 0 aliphatic rings. The molecular formula is F2O2U. The van der Waals surface area contributed by atoms with Crippen LogP contribution < -0.4 is 9.41 Å². The monoisotopic (exact) mass is 308 g/mol. The molecule has 0 saturated carbocycles. The average molecular weight is 308 g/mol. The van der Waals surface area contributed by atoms with Gasteiger partial charge in [0.1, 0.15) is 0 Å². The Bertz CT molecular complexity index is 28.6. The van der Waals surface area contributed by atoms with Crippen LogP contribution >= 0.6 is 0 Å². The Balaban J connectivity index is -0.0000000200. The third kappa shape index (κ3) is 109. The van der Waals surface area contributed by atoms with E-state index in [0.29, 0.717) is 0 Å². The number of halogens is 2. The van der Waals surface area contributed by atoms with Crippen LogP contribution in [0.3, 0.4) is 0 Å². The van der Waals surface area contributed by atoms with Gasteiger partial charge in [-0.25, -0.2) is 0 Å². The predicted octanol–water partition coefficient (Wildman–Crippen LogP) is -6.23. The van der Waals surface area contributed by atoms with Gasteiger partial charge in [0.05, 0.1) is 0 Å². The first-order chi connectivity index (χ1) is 1.41. The maximum absolute atomic E-state index is 8.58. The molecule has 0 radical (unpaired) electrons. The SMILES string of the molecule is [F-].[F-].[O]=[U+2]=[O]. The molecule has 0 fully saturated rings. The number of hydrogen-bond donors (Lipinski definition) is 0. The first kappa shape index (κ1) is 17.8. The van der Waals surface area contributed by atoms with Crippen molar-refractivity contribution in [2.45, 2.75) is 0 Å². The van der Waals surface area contributed by atoms with Crippen LogP contribution in [0.1, 0.15) is 0 Å². The molecule has 0 N–H and O–H groups in total. The molecule has 0 aromatic rings. The molecule has 0 atom stereocenters. The van der Waals surface area contributed by atoms with Crippen LogP contribution in [0, 0.1) is 27.8 Å². The summed E-state index contributed by atoms with van der Waals surface area (Å²) in [7, 11) is 0. The Hall–Kier alpha value is 0.512. The van der Waals surface area contributed by atoms with Gasteiger partial charge in [-0.1, -0.05) is 0 Å². The molecule has 0 unspecified atom stereocenters.